The largest absolute Gasteiger partial charge is 0.444 e. The molecule has 3 aromatic rings. The summed E-state index contributed by atoms with van der Waals surface area (Å²) in [5.41, 5.74) is 1.96. The number of ether oxygens (including phenoxy) is 1. The number of nitrogens with zero attached hydrogens (tertiary/aromatic N) is 4. The summed E-state index contributed by atoms with van der Waals surface area (Å²) < 4.78 is 7.49. The van der Waals surface area contributed by atoms with E-state index in [0.29, 0.717) is 26.2 Å². The molecule has 1 atom stereocenters. The van der Waals surface area contributed by atoms with Gasteiger partial charge in [0.05, 0.1) is 5.69 Å². The van der Waals surface area contributed by atoms with Crippen LogP contribution in [0.3, 0.4) is 0 Å². The first-order valence-electron chi connectivity index (χ1n) is 11.2. The third-order valence-corrected chi connectivity index (χ3v) is 5.55. The van der Waals surface area contributed by atoms with Crippen LogP contribution in [0.25, 0.3) is 5.65 Å². The number of rotatable bonds is 4. The number of hydrogen-bond acceptors (Lipinski definition) is 5. The summed E-state index contributed by atoms with van der Waals surface area (Å²) in [6, 6.07) is 14.6. The molecule has 33 heavy (non-hydrogen) atoms. The lowest BCUT2D eigenvalue weighted by Gasteiger charge is -2.37. The number of nitrogens with one attached hydrogen (secondary N) is 1. The lowest BCUT2D eigenvalue weighted by Crippen LogP contribution is -2.52. The minimum Gasteiger partial charge on any atom is -0.444 e. The minimum atomic E-state index is -0.799. The molecule has 1 N–H and O–H groups in total. The zero-order valence-electron chi connectivity index (χ0n) is 19.6. The summed E-state index contributed by atoms with van der Waals surface area (Å²) in [6.07, 6.45) is 1.42. The fourth-order valence-corrected chi connectivity index (χ4v) is 4.07. The van der Waals surface area contributed by atoms with Crippen LogP contribution in [0.2, 0.25) is 0 Å². The van der Waals surface area contributed by atoms with Crippen LogP contribution in [0.4, 0.5) is 10.6 Å². The number of carbonyl (C=O) groups is 2. The Hall–Kier alpha value is -3.55. The van der Waals surface area contributed by atoms with E-state index >= 15 is 0 Å². The van der Waals surface area contributed by atoms with E-state index in [4.69, 9.17) is 4.74 Å². The van der Waals surface area contributed by atoms with Crippen molar-refractivity contribution in [2.24, 2.45) is 0 Å². The quantitative estimate of drug-likeness (QED) is 0.659. The van der Waals surface area contributed by atoms with Crippen molar-refractivity contribution < 1.29 is 14.3 Å². The number of hydrogen-bond donors (Lipinski definition) is 1. The van der Waals surface area contributed by atoms with Gasteiger partial charge < -0.3 is 19.9 Å². The van der Waals surface area contributed by atoms with Crippen molar-refractivity contribution >= 4 is 23.5 Å². The fourth-order valence-electron chi connectivity index (χ4n) is 4.07. The number of amides is 2. The molecule has 0 spiro atoms. The van der Waals surface area contributed by atoms with Gasteiger partial charge in [-0.3, -0.25) is 9.20 Å². The maximum Gasteiger partial charge on any atom is 0.408 e. The van der Waals surface area contributed by atoms with Gasteiger partial charge in [-0.2, -0.15) is 0 Å². The van der Waals surface area contributed by atoms with Crippen LogP contribution in [-0.4, -0.2) is 58.1 Å². The molecule has 0 aliphatic carbocycles. The molecule has 1 aliphatic heterocycles. The summed E-state index contributed by atoms with van der Waals surface area (Å²) >= 11 is 0. The number of alkyl carbamates (subject to hydrolysis) is 1. The van der Waals surface area contributed by atoms with Gasteiger partial charge in [-0.15, -0.1) is 0 Å². The summed E-state index contributed by atoms with van der Waals surface area (Å²) in [5.74, 6) is 0.926. The second kappa shape index (κ2) is 9.13. The van der Waals surface area contributed by atoms with E-state index in [9.17, 15) is 9.59 Å². The van der Waals surface area contributed by atoms with Crippen LogP contribution >= 0.6 is 0 Å². The summed E-state index contributed by atoms with van der Waals surface area (Å²) in [7, 11) is 0. The lowest BCUT2D eigenvalue weighted by atomic mass is 10.1. The molecule has 0 saturated carbocycles. The number of anilines is 1. The monoisotopic (exact) mass is 449 g/mol. The number of benzene rings is 1. The Labute approximate surface area is 194 Å². The van der Waals surface area contributed by atoms with Crippen molar-refractivity contribution in [2.45, 2.75) is 39.3 Å². The van der Waals surface area contributed by atoms with Gasteiger partial charge in [0.25, 0.3) is 0 Å². The molecule has 2 aromatic heterocycles. The predicted octanol–water partition coefficient (Wildman–Crippen LogP) is 3.56. The number of aromatic nitrogens is 2. The van der Waals surface area contributed by atoms with Crippen molar-refractivity contribution in [3.05, 3.63) is 66.0 Å². The summed E-state index contributed by atoms with van der Waals surface area (Å²) in [4.78, 5) is 34.6. The first kappa shape index (κ1) is 22.6. The molecule has 0 radical (unpaired) electrons. The van der Waals surface area contributed by atoms with Crippen molar-refractivity contribution in [2.75, 3.05) is 31.1 Å². The fraction of sp³-hybridized carbons (Fsp3) is 0.400. The van der Waals surface area contributed by atoms with E-state index < -0.39 is 17.7 Å². The minimum absolute atomic E-state index is 0.136. The molecule has 8 nitrogen and oxygen atoms in total. The number of pyridine rings is 1. The molecule has 1 aliphatic rings. The topological polar surface area (TPSA) is 79.2 Å². The molecular weight excluding hydrogens is 418 g/mol. The first-order chi connectivity index (χ1) is 15.7. The maximum absolute atomic E-state index is 13.5. The molecule has 1 fully saturated rings. The van der Waals surface area contributed by atoms with Crippen LogP contribution in [-0.2, 0) is 9.53 Å². The zero-order chi connectivity index (χ0) is 23.6. The Morgan fingerprint density at radius 1 is 1.00 bits per heavy atom. The summed E-state index contributed by atoms with van der Waals surface area (Å²) in [6.45, 7) is 9.87. The highest BCUT2D eigenvalue weighted by atomic mass is 16.6. The number of aryl methyl sites for hydroxylation is 1. The van der Waals surface area contributed by atoms with E-state index in [1.807, 2.05) is 60.5 Å². The highest BCUT2D eigenvalue weighted by Crippen LogP contribution is 2.22. The smallest absolute Gasteiger partial charge is 0.408 e. The van der Waals surface area contributed by atoms with Crippen molar-refractivity contribution in [1.29, 1.82) is 0 Å². The van der Waals surface area contributed by atoms with E-state index in [0.717, 1.165) is 22.7 Å². The van der Waals surface area contributed by atoms with Crippen LogP contribution in [0.15, 0.2) is 54.7 Å². The van der Waals surface area contributed by atoms with Crippen LogP contribution in [0, 0.1) is 6.92 Å². The SMILES string of the molecule is Cc1cn2c(N3CCN(C(=O)[C@H](NC(=O)OC(C)(C)C)c4ccccc4)CC3)cccc2n1. The molecule has 3 heterocycles. The van der Waals surface area contributed by atoms with Crippen LogP contribution < -0.4 is 10.2 Å². The Balaban J connectivity index is 1.48. The highest BCUT2D eigenvalue weighted by molar-refractivity contribution is 5.87. The molecule has 1 aromatic carbocycles. The number of carbonyl (C=O) groups excluding carboxylic acids is 2. The predicted molar refractivity (Wildman–Crippen MR) is 127 cm³/mol. The Kier molecular flexibility index (Phi) is 6.26. The van der Waals surface area contributed by atoms with Gasteiger partial charge in [-0.05, 0) is 45.4 Å². The van der Waals surface area contributed by atoms with Crippen molar-refractivity contribution in [1.82, 2.24) is 19.6 Å². The van der Waals surface area contributed by atoms with Gasteiger partial charge >= 0.3 is 6.09 Å². The third-order valence-electron chi connectivity index (χ3n) is 5.55. The average Bonchev–Trinajstić information content (AvgIpc) is 3.17. The molecule has 0 bridgehead atoms. The van der Waals surface area contributed by atoms with Crippen molar-refractivity contribution in [3.8, 4) is 0 Å². The van der Waals surface area contributed by atoms with Gasteiger partial charge in [0, 0.05) is 32.4 Å². The van der Waals surface area contributed by atoms with Gasteiger partial charge in [0.2, 0.25) is 5.91 Å². The second-order valence-electron chi connectivity index (χ2n) is 9.30. The van der Waals surface area contributed by atoms with Crippen molar-refractivity contribution in [3.63, 3.8) is 0 Å². The Morgan fingerprint density at radius 2 is 1.70 bits per heavy atom. The number of fused-ring (bicyclic) bond motifs is 1. The van der Waals surface area contributed by atoms with E-state index in [1.54, 1.807) is 20.8 Å². The second-order valence-corrected chi connectivity index (χ2v) is 9.30. The molecule has 174 valence electrons. The maximum atomic E-state index is 13.5. The van der Waals surface area contributed by atoms with Gasteiger partial charge in [-0.25, -0.2) is 9.78 Å². The van der Waals surface area contributed by atoms with Gasteiger partial charge in [0.15, 0.2) is 0 Å². The Bertz CT molecular complexity index is 1130. The molecule has 1 saturated heterocycles. The van der Waals surface area contributed by atoms with E-state index in [1.165, 1.54) is 0 Å². The summed E-state index contributed by atoms with van der Waals surface area (Å²) in [5, 5.41) is 2.78. The Morgan fingerprint density at radius 3 is 2.36 bits per heavy atom. The average molecular weight is 450 g/mol. The molecule has 2 amide bonds. The van der Waals surface area contributed by atoms with Gasteiger partial charge in [0.1, 0.15) is 23.1 Å². The van der Waals surface area contributed by atoms with Crippen LogP contribution in [0.1, 0.15) is 38.1 Å². The molecule has 0 unspecified atom stereocenters. The third kappa shape index (κ3) is 5.27. The standard InChI is InChI=1S/C25H31N5O3/c1-18-17-30-20(26-18)11-8-12-21(30)28-13-15-29(16-14-28)23(31)22(19-9-6-5-7-10-19)27-24(32)33-25(2,3)4/h5-12,17,22H,13-16H2,1-4H3,(H,27,32)/t22-/m1/s1. The highest BCUT2D eigenvalue weighted by Gasteiger charge is 2.31. The number of piperazine rings is 1. The lowest BCUT2D eigenvalue weighted by molar-refractivity contribution is -0.134. The van der Waals surface area contributed by atoms with Crippen LogP contribution in [0.5, 0.6) is 0 Å². The zero-order valence-corrected chi connectivity index (χ0v) is 19.6. The molecule has 4 rings (SSSR count). The van der Waals surface area contributed by atoms with Gasteiger partial charge in [-0.1, -0.05) is 36.4 Å². The number of imidazole rings is 1. The van der Waals surface area contributed by atoms with E-state index in [2.05, 4.69) is 25.7 Å². The normalized spacial score (nSPS) is 15.4. The van der Waals surface area contributed by atoms with E-state index in [-0.39, 0.29) is 5.91 Å². The first-order valence-corrected chi connectivity index (χ1v) is 11.2. The molecule has 8 heteroatoms. The molecular formula is C25H31N5O3.